The molecule has 0 amide bonds. The van der Waals surface area contributed by atoms with Gasteiger partial charge in [-0.25, -0.2) is 9.59 Å². The van der Waals surface area contributed by atoms with E-state index < -0.39 is 30.3 Å². The maximum atomic E-state index is 11.1. The number of rotatable bonds is 14. The van der Waals surface area contributed by atoms with Crippen molar-refractivity contribution in [3.8, 4) is 0 Å². The van der Waals surface area contributed by atoms with Crippen molar-refractivity contribution in [1.29, 1.82) is 0 Å². The molecule has 0 aliphatic heterocycles. The fraction of sp³-hybridized carbons (Fsp3) is 0.647. The Morgan fingerprint density at radius 1 is 0.846 bits per heavy atom. The largest absolute Gasteiger partial charge is 0.460 e. The first-order valence-corrected chi connectivity index (χ1v) is 8.18. The zero-order valence-corrected chi connectivity index (χ0v) is 15.1. The molecule has 3 atom stereocenters. The maximum absolute atomic E-state index is 11.1. The molecular weight excluding hydrogens is 348 g/mol. The molecule has 3 N–H and O–H groups in total. The maximum Gasteiger partial charge on any atom is 0.330 e. The monoisotopic (exact) mass is 376 g/mol. The van der Waals surface area contributed by atoms with Crippen LogP contribution in [0.3, 0.4) is 0 Å². The minimum Gasteiger partial charge on any atom is -0.460 e. The van der Waals surface area contributed by atoms with Crippen LogP contribution in [0.15, 0.2) is 24.3 Å². The number of hydrogen-bond donors (Lipinski definition) is 3. The fourth-order valence-electron chi connectivity index (χ4n) is 1.56. The van der Waals surface area contributed by atoms with Crippen molar-refractivity contribution in [3.05, 3.63) is 24.3 Å². The molecule has 0 heterocycles. The molecule has 0 aromatic rings. The molecule has 0 fully saturated rings. The molecule has 3 unspecified atom stereocenters. The molecular formula is C17H28O9. The van der Waals surface area contributed by atoms with Gasteiger partial charge in [0, 0.05) is 12.2 Å². The first-order chi connectivity index (χ1) is 12.4. The van der Waals surface area contributed by atoms with Gasteiger partial charge in [0.05, 0.1) is 26.4 Å². The normalized spacial score (nSPS) is 15.1. The Bertz CT molecular complexity index is 448. The lowest BCUT2D eigenvalue weighted by Gasteiger charge is -2.19. The van der Waals surface area contributed by atoms with E-state index in [1.165, 1.54) is 24.3 Å². The molecule has 0 aromatic carbocycles. The minimum absolute atomic E-state index is 0.0402. The van der Waals surface area contributed by atoms with E-state index in [1.54, 1.807) is 13.8 Å². The number of esters is 2. The molecule has 150 valence electrons. The number of carbonyl (C=O) groups excluding carboxylic acids is 2. The van der Waals surface area contributed by atoms with Gasteiger partial charge in [0.1, 0.15) is 31.5 Å². The summed E-state index contributed by atoms with van der Waals surface area (Å²) in [6.07, 6.45) is 2.69. The first-order valence-electron chi connectivity index (χ1n) is 8.18. The molecule has 0 saturated heterocycles. The van der Waals surface area contributed by atoms with E-state index in [9.17, 15) is 24.9 Å². The average molecular weight is 376 g/mol. The zero-order valence-electron chi connectivity index (χ0n) is 15.1. The van der Waals surface area contributed by atoms with Crippen molar-refractivity contribution in [2.75, 3.05) is 39.6 Å². The van der Waals surface area contributed by atoms with Crippen LogP contribution < -0.4 is 0 Å². The van der Waals surface area contributed by atoms with Gasteiger partial charge in [0.15, 0.2) is 0 Å². The number of ether oxygens (including phenoxy) is 4. The lowest BCUT2D eigenvalue weighted by molar-refractivity contribution is -0.145. The molecule has 0 rings (SSSR count). The molecule has 0 aliphatic rings. The lowest BCUT2D eigenvalue weighted by Crippen LogP contribution is -2.32. The molecule has 0 spiro atoms. The molecule has 0 aromatic heterocycles. The molecule has 9 nitrogen and oxygen atoms in total. The van der Waals surface area contributed by atoms with Crippen molar-refractivity contribution in [2.24, 2.45) is 0 Å². The predicted octanol–water partition coefficient (Wildman–Crippen LogP) is -0.659. The summed E-state index contributed by atoms with van der Waals surface area (Å²) in [6, 6.07) is 0. The Hall–Kier alpha value is -1.78. The van der Waals surface area contributed by atoms with Crippen LogP contribution in [0.1, 0.15) is 13.8 Å². The Morgan fingerprint density at radius 2 is 1.35 bits per heavy atom. The van der Waals surface area contributed by atoms with Gasteiger partial charge >= 0.3 is 11.9 Å². The van der Waals surface area contributed by atoms with Crippen molar-refractivity contribution < 1.29 is 43.9 Å². The predicted molar refractivity (Wildman–Crippen MR) is 91.2 cm³/mol. The Labute approximate surface area is 152 Å². The smallest absolute Gasteiger partial charge is 0.330 e. The van der Waals surface area contributed by atoms with E-state index in [0.29, 0.717) is 0 Å². The Balaban J connectivity index is 3.90. The third kappa shape index (κ3) is 13.5. The number of aliphatic hydroxyl groups excluding tert-OH is 3. The van der Waals surface area contributed by atoms with E-state index in [1.807, 2.05) is 0 Å². The van der Waals surface area contributed by atoms with E-state index in [-0.39, 0.29) is 39.6 Å². The zero-order chi connectivity index (χ0) is 19.8. The second-order valence-electron chi connectivity index (χ2n) is 5.24. The quantitative estimate of drug-likeness (QED) is 0.267. The van der Waals surface area contributed by atoms with Crippen LogP contribution >= 0.6 is 0 Å². The van der Waals surface area contributed by atoms with Crippen molar-refractivity contribution in [3.63, 3.8) is 0 Å². The van der Waals surface area contributed by atoms with E-state index >= 15 is 0 Å². The van der Waals surface area contributed by atoms with E-state index in [2.05, 4.69) is 0 Å². The summed E-state index contributed by atoms with van der Waals surface area (Å²) in [5, 5.41) is 28.5. The number of allylic oxidation sites excluding steroid dienone is 2. The van der Waals surface area contributed by atoms with Crippen LogP contribution in [0.5, 0.6) is 0 Å². The van der Waals surface area contributed by atoms with Gasteiger partial charge in [0.2, 0.25) is 0 Å². The SMILES string of the molecule is CC=CC(=O)OCC(O)COCC(CO)OCC(O)COC(=O)C=CC. The molecule has 0 saturated carbocycles. The summed E-state index contributed by atoms with van der Waals surface area (Å²) in [5.74, 6) is -1.13. The van der Waals surface area contributed by atoms with Crippen molar-refractivity contribution in [2.45, 2.75) is 32.2 Å². The van der Waals surface area contributed by atoms with Crippen LogP contribution in [0, 0.1) is 0 Å². The Kier molecular flexibility index (Phi) is 14.4. The Morgan fingerprint density at radius 3 is 1.81 bits per heavy atom. The standard InChI is InChI=1S/C17H28O9/c1-3-5-16(21)25-10-13(19)8-23-12-15(7-18)24-9-14(20)11-26-17(22)6-4-2/h3-6,13-15,18-20H,7-12H2,1-2H3. The minimum atomic E-state index is -1.05. The van der Waals surface area contributed by atoms with Gasteiger partial charge in [-0.2, -0.15) is 0 Å². The lowest BCUT2D eigenvalue weighted by atomic mass is 10.3. The average Bonchev–Trinajstić information content (AvgIpc) is 2.61. The summed E-state index contributed by atoms with van der Waals surface area (Å²) in [6.45, 7) is 2.18. The summed E-state index contributed by atoms with van der Waals surface area (Å²) in [7, 11) is 0. The third-order valence-corrected chi connectivity index (χ3v) is 2.78. The number of aliphatic hydroxyl groups is 3. The second-order valence-corrected chi connectivity index (χ2v) is 5.24. The molecule has 26 heavy (non-hydrogen) atoms. The van der Waals surface area contributed by atoms with Crippen LogP contribution in [0.2, 0.25) is 0 Å². The summed E-state index contributed by atoms with van der Waals surface area (Å²) < 4.78 is 19.9. The van der Waals surface area contributed by atoms with E-state index in [4.69, 9.17) is 18.9 Å². The number of hydrogen-bond acceptors (Lipinski definition) is 9. The van der Waals surface area contributed by atoms with Gasteiger partial charge in [0.25, 0.3) is 0 Å². The molecule has 0 radical (unpaired) electrons. The van der Waals surface area contributed by atoms with Crippen LogP contribution in [-0.4, -0.2) is 85.2 Å². The summed E-state index contributed by atoms with van der Waals surface area (Å²) in [5.41, 5.74) is 0. The molecule has 9 heteroatoms. The van der Waals surface area contributed by atoms with Gasteiger partial charge in [-0.1, -0.05) is 12.2 Å². The highest BCUT2D eigenvalue weighted by Gasteiger charge is 2.14. The van der Waals surface area contributed by atoms with Crippen molar-refractivity contribution >= 4 is 11.9 Å². The van der Waals surface area contributed by atoms with Gasteiger partial charge in [-0.3, -0.25) is 0 Å². The highest BCUT2D eigenvalue weighted by molar-refractivity contribution is 5.82. The van der Waals surface area contributed by atoms with Crippen molar-refractivity contribution in [1.82, 2.24) is 0 Å². The van der Waals surface area contributed by atoms with Crippen LogP contribution in [0.4, 0.5) is 0 Å². The number of carbonyl (C=O) groups is 2. The summed E-state index contributed by atoms with van der Waals surface area (Å²) in [4.78, 5) is 22.2. The van der Waals surface area contributed by atoms with E-state index in [0.717, 1.165) is 0 Å². The van der Waals surface area contributed by atoms with Gasteiger partial charge in [-0.15, -0.1) is 0 Å². The van der Waals surface area contributed by atoms with Crippen LogP contribution in [-0.2, 0) is 28.5 Å². The summed E-state index contributed by atoms with van der Waals surface area (Å²) >= 11 is 0. The van der Waals surface area contributed by atoms with Gasteiger partial charge in [-0.05, 0) is 13.8 Å². The van der Waals surface area contributed by atoms with Crippen LogP contribution in [0.25, 0.3) is 0 Å². The fourth-order valence-corrected chi connectivity index (χ4v) is 1.56. The topological polar surface area (TPSA) is 132 Å². The third-order valence-electron chi connectivity index (χ3n) is 2.78. The second kappa shape index (κ2) is 15.5. The molecule has 0 aliphatic carbocycles. The first kappa shape index (κ1) is 24.2. The highest BCUT2D eigenvalue weighted by atomic mass is 16.6. The van der Waals surface area contributed by atoms with Gasteiger partial charge < -0.3 is 34.3 Å². The molecule has 0 bridgehead atoms. The highest BCUT2D eigenvalue weighted by Crippen LogP contribution is 1.98.